The van der Waals surface area contributed by atoms with E-state index in [0.717, 1.165) is 0 Å². The molecule has 0 fully saturated rings. The molecule has 0 aliphatic rings. The number of rotatable bonds is 2. The Labute approximate surface area is 94.2 Å². The molecule has 15 heavy (non-hydrogen) atoms. The van der Waals surface area contributed by atoms with Gasteiger partial charge in [-0.3, -0.25) is 0 Å². The minimum absolute atomic E-state index is 0.390. The minimum atomic E-state index is 0.390. The number of nitrogens with two attached hydrogens (primary N) is 1. The maximum atomic E-state index is 5.58. The maximum Gasteiger partial charge on any atom is 0.253 e. The van der Waals surface area contributed by atoms with E-state index in [9.17, 15) is 0 Å². The third-order valence-electron chi connectivity index (χ3n) is 1.73. The van der Waals surface area contributed by atoms with Crippen molar-refractivity contribution in [2.45, 2.75) is 0 Å². The Kier molecular flexibility index (Phi) is 2.55. The SMILES string of the molecule is COc1ccnc(-n2cc(Br)c(N)n2)n1. The first-order valence-electron chi connectivity index (χ1n) is 4.09. The number of hydrogen-bond acceptors (Lipinski definition) is 5. The van der Waals surface area contributed by atoms with Crippen molar-refractivity contribution >= 4 is 21.7 Å². The highest BCUT2D eigenvalue weighted by Gasteiger charge is 2.07. The fraction of sp³-hybridized carbons (Fsp3) is 0.125. The van der Waals surface area contributed by atoms with Crippen LogP contribution in [-0.4, -0.2) is 26.9 Å². The molecule has 7 heteroatoms. The molecule has 0 saturated carbocycles. The number of ether oxygens (including phenoxy) is 1. The van der Waals surface area contributed by atoms with Gasteiger partial charge in [-0.05, 0) is 15.9 Å². The smallest absolute Gasteiger partial charge is 0.253 e. The average molecular weight is 270 g/mol. The maximum absolute atomic E-state index is 5.58. The van der Waals surface area contributed by atoms with Crippen molar-refractivity contribution in [2.24, 2.45) is 0 Å². The molecule has 0 amide bonds. The third-order valence-corrected chi connectivity index (χ3v) is 2.34. The Morgan fingerprint density at radius 1 is 1.53 bits per heavy atom. The third kappa shape index (κ3) is 1.91. The van der Waals surface area contributed by atoms with E-state index >= 15 is 0 Å². The molecule has 0 aliphatic heterocycles. The Bertz CT molecular complexity index is 464. The number of hydrogen-bond donors (Lipinski definition) is 1. The molecule has 0 saturated heterocycles. The second kappa shape index (κ2) is 3.85. The van der Waals surface area contributed by atoms with Gasteiger partial charge in [-0.1, -0.05) is 0 Å². The first kappa shape index (κ1) is 9.91. The van der Waals surface area contributed by atoms with Crippen molar-refractivity contribution in [1.29, 1.82) is 0 Å². The number of halogens is 1. The molecule has 2 heterocycles. The largest absolute Gasteiger partial charge is 0.481 e. The van der Waals surface area contributed by atoms with Gasteiger partial charge in [0.15, 0.2) is 5.82 Å². The van der Waals surface area contributed by atoms with Gasteiger partial charge in [0.25, 0.3) is 5.95 Å². The lowest BCUT2D eigenvalue weighted by Crippen LogP contribution is -2.03. The molecule has 78 valence electrons. The number of anilines is 1. The van der Waals surface area contributed by atoms with Crippen LogP contribution in [0.1, 0.15) is 0 Å². The van der Waals surface area contributed by atoms with E-state index in [1.54, 1.807) is 25.6 Å². The monoisotopic (exact) mass is 269 g/mol. The van der Waals surface area contributed by atoms with Crippen LogP contribution >= 0.6 is 15.9 Å². The normalized spacial score (nSPS) is 10.3. The predicted octanol–water partition coefficient (Wildman–Crippen LogP) is 1.02. The lowest BCUT2D eigenvalue weighted by atomic mass is 10.6. The first-order chi connectivity index (χ1) is 7.20. The van der Waals surface area contributed by atoms with Crippen LogP contribution in [0.3, 0.4) is 0 Å². The molecule has 0 radical (unpaired) electrons. The van der Waals surface area contributed by atoms with E-state index < -0.39 is 0 Å². The number of nitrogen functional groups attached to an aromatic ring is 1. The van der Waals surface area contributed by atoms with Gasteiger partial charge in [0, 0.05) is 12.3 Å². The summed E-state index contributed by atoms with van der Waals surface area (Å²) >= 11 is 3.25. The number of aromatic nitrogens is 4. The summed E-state index contributed by atoms with van der Waals surface area (Å²) in [5.74, 6) is 1.28. The fourth-order valence-corrected chi connectivity index (χ4v) is 1.30. The standard InChI is InChI=1S/C8H8BrN5O/c1-15-6-2-3-11-8(12-6)14-4-5(9)7(10)13-14/h2-4H,1H3,(H2,10,13). The molecule has 2 aromatic rings. The summed E-state index contributed by atoms with van der Waals surface area (Å²) < 4.78 is 7.16. The number of nitrogens with zero attached hydrogens (tertiary/aromatic N) is 4. The Balaban J connectivity index is 2.44. The molecule has 0 atom stereocenters. The average Bonchev–Trinajstić information content (AvgIpc) is 2.59. The number of methoxy groups -OCH3 is 1. The van der Waals surface area contributed by atoms with Crippen molar-refractivity contribution in [3.8, 4) is 11.8 Å². The minimum Gasteiger partial charge on any atom is -0.481 e. The highest BCUT2D eigenvalue weighted by molar-refractivity contribution is 9.10. The summed E-state index contributed by atoms with van der Waals surface area (Å²) in [6.45, 7) is 0. The van der Waals surface area contributed by atoms with Gasteiger partial charge in [0.05, 0.1) is 17.8 Å². The lowest BCUT2D eigenvalue weighted by Gasteiger charge is -2.00. The molecule has 0 aliphatic carbocycles. The second-order valence-electron chi connectivity index (χ2n) is 2.71. The van der Waals surface area contributed by atoms with E-state index in [0.29, 0.717) is 22.1 Å². The summed E-state index contributed by atoms with van der Waals surface area (Å²) in [4.78, 5) is 8.15. The molecule has 0 aromatic carbocycles. The van der Waals surface area contributed by atoms with Crippen LogP contribution in [0.5, 0.6) is 5.88 Å². The molecule has 6 nitrogen and oxygen atoms in total. The molecule has 2 rings (SSSR count). The zero-order valence-electron chi connectivity index (χ0n) is 7.88. The van der Waals surface area contributed by atoms with Crippen LogP contribution in [0.2, 0.25) is 0 Å². The molecule has 2 N–H and O–H groups in total. The highest BCUT2D eigenvalue weighted by atomic mass is 79.9. The van der Waals surface area contributed by atoms with Crippen LogP contribution in [-0.2, 0) is 0 Å². The van der Waals surface area contributed by atoms with Gasteiger partial charge in [-0.15, -0.1) is 5.10 Å². The van der Waals surface area contributed by atoms with E-state index in [4.69, 9.17) is 10.5 Å². The molecular formula is C8H8BrN5O. The fourth-order valence-electron chi connectivity index (χ4n) is 1.03. The van der Waals surface area contributed by atoms with Crippen molar-refractivity contribution < 1.29 is 4.74 Å². The van der Waals surface area contributed by atoms with E-state index in [2.05, 4.69) is 31.0 Å². The topological polar surface area (TPSA) is 78.9 Å². The van der Waals surface area contributed by atoms with Crippen LogP contribution in [0.15, 0.2) is 22.9 Å². The van der Waals surface area contributed by atoms with E-state index in [1.807, 2.05) is 0 Å². The van der Waals surface area contributed by atoms with Gasteiger partial charge in [0.2, 0.25) is 5.88 Å². The van der Waals surface area contributed by atoms with Gasteiger partial charge in [0.1, 0.15) is 0 Å². The van der Waals surface area contributed by atoms with Gasteiger partial charge >= 0.3 is 0 Å². The van der Waals surface area contributed by atoms with Crippen LogP contribution in [0, 0.1) is 0 Å². The second-order valence-corrected chi connectivity index (χ2v) is 3.56. The summed E-state index contributed by atoms with van der Waals surface area (Å²) in [7, 11) is 1.54. The lowest BCUT2D eigenvalue weighted by molar-refractivity contribution is 0.395. The van der Waals surface area contributed by atoms with E-state index in [-0.39, 0.29) is 0 Å². The highest BCUT2D eigenvalue weighted by Crippen LogP contribution is 2.18. The summed E-state index contributed by atoms with van der Waals surface area (Å²) in [5.41, 5.74) is 5.58. The molecule has 0 spiro atoms. The van der Waals surface area contributed by atoms with Crippen LogP contribution in [0.25, 0.3) is 5.95 Å². The van der Waals surface area contributed by atoms with Gasteiger partial charge < -0.3 is 10.5 Å². The zero-order chi connectivity index (χ0) is 10.8. The Morgan fingerprint density at radius 2 is 2.33 bits per heavy atom. The van der Waals surface area contributed by atoms with Crippen molar-refractivity contribution in [3.63, 3.8) is 0 Å². The Hall–Kier alpha value is -1.63. The first-order valence-corrected chi connectivity index (χ1v) is 4.88. The summed E-state index contributed by atoms with van der Waals surface area (Å²) in [6.07, 6.45) is 3.27. The summed E-state index contributed by atoms with van der Waals surface area (Å²) in [6, 6.07) is 1.66. The predicted molar refractivity (Wildman–Crippen MR) is 57.8 cm³/mol. The Morgan fingerprint density at radius 3 is 2.93 bits per heavy atom. The molecule has 0 unspecified atom stereocenters. The van der Waals surface area contributed by atoms with Crippen LogP contribution < -0.4 is 10.5 Å². The van der Waals surface area contributed by atoms with Crippen molar-refractivity contribution in [3.05, 3.63) is 22.9 Å². The summed E-state index contributed by atoms with van der Waals surface area (Å²) in [5, 5.41) is 4.02. The van der Waals surface area contributed by atoms with E-state index in [1.165, 1.54) is 4.68 Å². The van der Waals surface area contributed by atoms with Crippen molar-refractivity contribution in [2.75, 3.05) is 12.8 Å². The van der Waals surface area contributed by atoms with Gasteiger partial charge in [-0.2, -0.15) is 4.98 Å². The van der Waals surface area contributed by atoms with Gasteiger partial charge in [-0.25, -0.2) is 9.67 Å². The van der Waals surface area contributed by atoms with Crippen LogP contribution in [0.4, 0.5) is 5.82 Å². The van der Waals surface area contributed by atoms with Crippen molar-refractivity contribution in [1.82, 2.24) is 19.7 Å². The quantitative estimate of drug-likeness (QED) is 0.881. The molecular weight excluding hydrogens is 262 g/mol. The molecule has 0 bridgehead atoms. The zero-order valence-corrected chi connectivity index (χ0v) is 9.47. The molecule has 2 aromatic heterocycles.